The zero-order valence-electron chi connectivity index (χ0n) is 12.3. The topological polar surface area (TPSA) is 0 Å². The first kappa shape index (κ1) is 13.4. The molecule has 0 heterocycles. The van der Waals surface area contributed by atoms with Crippen molar-refractivity contribution in [3.05, 3.63) is 82.9 Å². The van der Waals surface area contributed by atoms with Gasteiger partial charge in [-0.1, -0.05) is 0 Å². The van der Waals surface area contributed by atoms with Crippen molar-refractivity contribution in [2.75, 3.05) is 0 Å². The van der Waals surface area contributed by atoms with Crippen LogP contribution in [0.4, 0.5) is 0 Å². The van der Waals surface area contributed by atoms with Gasteiger partial charge in [0.2, 0.25) is 0 Å². The summed E-state index contributed by atoms with van der Waals surface area (Å²) in [7, 11) is 0. The monoisotopic (exact) mass is 379 g/mol. The SMILES string of the molecule is [CH3][Sn]([CH2]C1C=Cc2ccccc21)[CH]1C=Cc2ccccc21. The molecule has 2 aromatic carbocycles. The van der Waals surface area contributed by atoms with Gasteiger partial charge in [0.25, 0.3) is 0 Å². The molecular weight excluding hydrogens is 359 g/mol. The van der Waals surface area contributed by atoms with Crippen molar-refractivity contribution in [1.29, 1.82) is 0 Å². The van der Waals surface area contributed by atoms with Crippen molar-refractivity contribution < 1.29 is 0 Å². The maximum absolute atomic E-state index is 2.59. The van der Waals surface area contributed by atoms with Gasteiger partial charge in [-0.05, 0) is 0 Å². The molecule has 0 fully saturated rings. The van der Waals surface area contributed by atoms with E-state index in [0.717, 1.165) is 3.93 Å². The van der Waals surface area contributed by atoms with Crippen LogP contribution in [0.15, 0.2) is 60.7 Å². The van der Waals surface area contributed by atoms with Crippen molar-refractivity contribution in [3.63, 3.8) is 0 Å². The zero-order valence-corrected chi connectivity index (χ0v) is 15.1. The third-order valence-corrected chi connectivity index (χ3v) is 12.3. The summed E-state index contributed by atoms with van der Waals surface area (Å²) in [5, 5.41) is 0. The maximum atomic E-state index is 2.59. The normalized spacial score (nSPS) is 21.8. The number of benzene rings is 2. The molecule has 0 saturated carbocycles. The van der Waals surface area contributed by atoms with Crippen LogP contribution in [-0.2, 0) is 0 Å². The Morgan fingerprint density at radius 2 is 1.43 bits per heavy atom. The molecule has 2 unspecified atom stereocenters. The fourth-order valence-electron chi connectivity index (χ4n) is 3.65. The van der Waals surface area contributed by atoms with E-state index in [1.54, 1.807) is 11.1 Å². The van der Waals surface area contributed by atoms with E-state index in [1.165, 1.54) is 15.6 Å². The van der Waals surface area contributed by atoms with E-state index in [4.69, 9.17) is 0 Å². The van der Waals surface area contributed by atoms with Crippen molar-refractivity contribution in [2.24, 2.45) is 0 Å². The van der Waals surface area contributed by atoms with Gasteiger partial charge in [0.15, 0.2) is 0 Å². The van der Waals surface area contributed by atoms with Crippen LogP contribution >= 0.6 is 0 Å². The van der Waals surface area contributed by atoms with Crippen molar-refractivity contribution >= 4 is 31.9 Å². The first-order valence-corrected chi connectivity index (χ1v) is 14.2. The van der Waals surface area contributed by atoms with Crippen LogP contribution in [-0.4, -0.2) is 19.8 Å². The molecule has 1 radical (unpaired) electrons. The number of rotatable bonds is 3. The Bertz CT molecular complexity index is 726. The van der Waals surface area contributed by atoms with Crippen LogP contribution < -0.4 is 0 Å². The van der Waals surface area contributed by atoms with E-state index in [9.17, 15) is 0 Å². The average molecular weight is 378 g/mol. The minimum absolute atomic E-state index is 0.668. The molecule has 0 saturated heterocycles. The molecule has 0 N–H and O–H groups in total. The zero-order chi connectivity index (χ0) is 14.2. The molecule has 0 nitrogen and oxygen atoms in total. The number of allylic oxidation sites excluding steroid dienone is 2. The molecule has 21 heavy (non-hydrogen) atoms. The molecule has 1 heteroatoms. The molecule has 103 valence electrons. The van der Waals surface area contributed by atoms with Crippen molar-refractivity contribution in [1.82, 2.24) is 0 Å². The molecule has 0 spiro atoms. The molecule has 2 aliphatic rings. The Balaban J connectivity index is 1.55. The van der Waals surface area contributed by atoms with E-state index >= 15 is 0 Å². The Kier molecular flexibility index (Phi) is 3.50. The van der Waals surface area contributed by atoms with Crippen molar-refractivity contribution in [3.8, 4) is 0 Å². The van der Waals surface area contributed by atoms with Crippen LogP contribution in [0.25, 0.3) is 12.2 Å². The summed E-state index contributed by atoms with van der Waals surface area (Å²) >= 11 is -1.47. The molecule has 2 atom stereocenters. The van der Waals surface area contributed by atoms with E-state index in [1.807, 2.05) is 0 Å². The van der Waals surface area contributed by atoms with Gasteiger partial charge in [-0.3, -0.25) is 0 Å². The predicted octanol–water partition coefficient (Wildman–Crippen LogP) is 5.27. The molecule has 0 bridgehead atoms. The molecule has 0 amide bonds. The minimum atomic E-state index is -1.47. The van der Waals surface area contributed by atoms with Gasteiger partial charge in [0, 0.05) is 0 Å². The van der Waals surface area contributed by atoms with Gasteiger partial charge in [-0.25, -0.2) is 0 Å². The first-order valence-electron chi connectivity index (χ1n) is 7.69. The van der Waals surface area contributed by atoms with Gasteiger partial charge in [0.1, 0.15) is 0 Å². The van der Waals surface area contributed by atoms with E-state index < -0.39 is 19.8 Å². The fourth-order valence-corrected chi connectivity index (χ4v) is 10.9. The summed E-state index contributed by atoms with van der Waals surface area (Å²) in [6.45, 7) is 0. The van der Waals surface area contributed by atoms with Crippen LogP contribution in [0, 0.1) is 0 Å². The fraction of sp³-hybridized carbons (Fsp3) is 0.200. The van der Waals surface area contributed by atoms with Crippen LogP contribution in [0.3, 0.4) is 0 Å². The Morgan fingerprint density at radius 1 is 0.810 bits per heavy atom. The molecule has 2 aromatic rings. The molecule has 0 aliphatic heterocycles. The summed E-state index contributed by atoms with van der Waals surface area (Å²) < 4.78 is 2.18. The summed E-state index contributed by atoms with van der Waals surface area (Å²) in [6, 6.07) is 17.8. The second kappa shape index (κ2) is 5.49. The quantitative estimate of drug-likeness (QED) is 0.639. The van der Waals surface area contributed by atoms with Gasteiger partial charge < -0.3 is 0 Å². The van der Waals surface area contributed by atoms with Gasteiger partial charge in [0.05, 0.1) is 0 Å². The second-order valence-electron chi connectivity index (χ2n) is 6.11. The summed E-state index contributed by atoms with van der Waals surface area (Å²) in [6.07, 6.45) is 9.56. The molecule has 2 aliphatic carbocycles. The molecule has 0 aromatic heterocycles. The number of hydrogen-bond acceptors (Lipinski definition) is 0. The third-order valence-electron chi connectivity index (χ3n) is 4.78. The summed E-state index contributed by atoms with van der Waals surface area (Å²) in [4.78, 5) is 2.59. The number of fused-ring (bicyclic) bond motifs is 2. The van der Waals surface area contributed by atoms with Crippen molar-refractivity contribution in [2.45, 2.75) is 19.2 Å². The van der Waals surface area contributed by atoms with Crippen LogP contribution in [0.5, 0.6) is 0 Å². The Hall–Kier alpha value is -1.28. The Labute approximate surface area is 133 Å². The molecular formula is C20H19Sn. The van der Waals surface area contributed by atoms with Gasteiger partial charge in [-0.2, -0.15) is 0 Å². The van der Waals surface area contributed by atoms with E-state index in [2.05, 4.69) is 77.8 Å². The second-order valence-corrected chi connectivity index (χ2v) is 13.9. The van der Waals surface area contributed by atoms with E-state index in [0.29, 0.717) is 5.92 Å². The third kappa shape index (κ3) is 2.40. The predicted molar refractivity (Wildman–Crippen MR) is 92.9 cm³/mol. The van der Waals surface area contributed by atoms with Gasteiger partial charge in [-0.15, -0.1) is 0 Å². The summed E-state index contributed by atoms with van der Waals surface area (Å²) in [5.41, 5.74) is 6.02. The van der Waals surface area contributed by atoms with Gasteiger partial charge >= 0.3 is 134 Å². The number of hydrogen-bond donors (Lipinski definition) is 0. The van der Waals surface area contributed by atoms with Crippen LogP contribution in [0.2, 0.25) is 9.38 Å². The standard InChI is InChI=1S/C10H9.C9H7.CH3.Sn/c1-8-6-7-9-4-2-3-5-10(8)9;1-2-5-9-7-3-6-8(9)4-1;;/h2-8H,1H2;1-7H;1H3;. The van der Waals surface area contributed by atoms with E-state index in [-0.39, 0.29) is 0 Å². The van der Waals surface area contributed by atoms with Crippen LogP contribution in [0.1, 0.15) is 32.1 Å². The molecule has 4 rings (SSSR count). The average Bonchev–Trinajstić information content (AvgIpc) is 3.12. The Morgan fingerprint density at radius 3 is 2.24 bits per heavy atom. The first-order chi connectivity index (χ1) is 10.3. The summed E-state index contributed by atoms with van der Waals surface area (Å²) in [5.74, 6) is 0.668.